The van der Waals surface area contributed by atoms with Crippen molar-refractivity contribution in [3.8, 4) is 0 Å². The van der Waals surface area contributed by atoms with E-state index in [1.54, 1.807) is 0 Å². The molecule has 0 aliphatic heterocycles. The molecule has 0 aliphatic rings. The fraction of sp³-hybridized carbons (Fsp3) is 0.600. The van der Waals surface area contributed by atoms with Crippen LogP contribution in [0.15, 0.2) is 24.3 Å². The van der Waals surface area contributed by atoms with Crippen molar-refractivity contribution in [2.24, 2.45) is 5.92 Å². The number of benzene rings is 1. The highest BCUT2D eigenvalue weighted by atomic mass is 15.1. The molecule has 0 fully saturated rings. The molecule has 17 heavy (non-hydrogen) atoms. The van der Waals surface area contributed by atoms with Gasteiger partial charge in [-0.05, 0) is 50.9 Å². The maximum Gasteiger partial charge on any atom is 0.0319 e. The number of nitrogen functional groups attached to an aromatic ring is 1. The summed E-state index contributed by atoms with van der Waals surface area (Å²) < 4.78 is 0. The van der Waals surface area contributed by atoms with Crippen LogP contribution in [0.25, 0.3) is 0 Å². The predicted octanol–water partition coefficient (Wildman–Crippen LogP) is 3.70. The van der Waals surface area contributed by atoms with Crippen LogP contribution < -0.4 is 5.73 Å². The van der Waals surface area contributed by atoms with Gasteiger partial charge in [-0.1, -0.05) is 26.0 Å². The van der Waals surface area contributed by atoms with Crippen LogP contribution in [0.1, 0.15) is 45.7 Å². The van der Waals surface area contributed by atoms with Crippen molar-refractivity contribution in [1.29, 1.82) is 0 Å². The number of nitrogens with two attached hydrogens (primary N) is 1. The Bertz CT molecular complexity index is 329. The average Bonchev–Trinajstić information content (AvgIpc) is 2.27. The third-order valence-electron chi connectivity index (χ3n) is 3.54. The van der Waals surface area contributed by atoms with Gasteiger partial charge in [-0.2, -0.15) is 0 Å². The SMILES string of the molecule is CC(C)CC(C)N(C)C(C)c1ccc(N)cc1. The molecule has 0 spiro atoms. The Hall–Kier alpha value is -1.02. The van der Waals surface area contributed by atoms with Gasteiger partial charge in [-0.15, -0.1) is 0 Å². The summed E-state index contributed by atoms with van der Waals surface area (Å²) in [4.78, 5) is 2.44. The van der Waals surface area contributed by atoms with E-state index in [9.17, 15) is 0 Å². The Morgan fingerprint density at radius 3 is 2.06 bits per heavy atom. The largest absolute Gasteiger partial charge is 0.399 e. The van der Waals surface area contributed by atoms with Gasteiger partial charge in [0.1, 0.15) is 0 Å². The van der Waals surface area contributed by atoms with Crippen LogP contribution in [0.5, 0.6) is 0 Å². The number of rotatable bonds is 5. The Morgan fingerprint density at radius 2 is 1.59 bits per heavy atom. The fourth-order valence-corrected chi connectivity index (χ4v) is 2.24. The van der Waals surface area contributed by atoms with Crippen LogP contribution in [0, 0.1) is 5.92 Å². The number of hydrogen-bond acceptors (Lipinski definition) is 2. The average molecular weight is 234 g/mol. The molecule has 2 heteroatoms. The van der Waals surface area contributed by atoms with Crippen molar-refractivity contribution < 1.29 is 0 Å². The molecule has 0 aliphatic carbocycles. The second kappa shape index (κ2) is 6.06. The molecule has 0 amide bonds. The van der Waals surface area contributed by atoms with E-state index in [1.165, 1.54) is 12.0 Å². The van der Waals surface area contributed by atoms with E-state index < -0.39 is 0 Å². The highest BCUT2D eigenvalue weighted by Gasteiger charge is 2.17. The van der Waals surface area contributed by atoms with E-state index in [2.05, 4.69) is 51.8 Å². The lowest BCUT2D eigenvalue weighted by molar-refractivity contribution is 0.176. The summed E-state index contributed by atoms with van der Waals surface area (Å²) in [6.07, 6.45) is 1.23. The van der Waals surface area contributed by atoms with Gasteiger partial charge in [-0.25, -0.2) is 0 Å². The van der Waals surface area contributed by atoms with Gasteiger partial charge in [-0.3, -0.25) is 4.90 Å². The molecule has 0 saturated carbocycles. The maximum absolute atomic E-state index is 5.72. The lowest BCUT2D eigenvalue weighted by atomic mass is 10.0. The second-order valence-electron chi connectivity index (χ2n) is 5.49. The summed E-state index contributed by atoms with van der Waals surface area (Å²) >= 11 is 0. The van der Waals surface area contributed by atoms with E-state index in [-0.39, 0.29) is 0 Å². The molecule has 0 saturated heterocycles. The zero-order chi connectivity index (χ0) is 13.0. The summed E-state index contributed by atoms with van der Waals surface area (Å²) in [6, 6.07) is 9.24. The minimum Gasteiger partial charge on any atom is -0.399 e. The Labute approximate surface area is 106 Å². The first kappa shape index (κ1) is 14.0. The summed E-state index contributed by atoms with van der Waals surface area (Å²) in [5.74, 6) is 0.742. The van der Waals surface area contributed by atoms with Crippen molar-refractivity contribution in [1.82, 2.24) is 4.90 Å². The highest BCUT2D eigenvalue weighted by molar-refractivity contribution is 5.40. The zero-order valence-electron chi connectivity index (χ0n) is 11.8. The summed E-state index contributed by atoms with van der Waals surface area (Å²) in [5, 5.41) is 0. The number of hydrogen-bond donors (Lipinski definition) is 1. The highest BCUT2D eigenvalue weighted by Crippen LogP contribution is 2.23. The standard InChI is InChI=1S/C15H26N2/c1-11(2)10-12(3)17(5)13(4)14-6-8-15(16)9-7-14/h6-9,11-13H,10,16H2,1-5H3. The van der Waals surface area contributed by atoms with Crippen molar-refractivity contribution in [2.45, 2.75) is 46.2 Å². The molecule has 1 rings (SSSR count). The van der Waals surface area contributed by atoms with E-state index >= 15 is 0 Å². The van der Waals surface area contributed by atoms with E-state index in [4.69, 9.17) is 5.73 Å². The van der Waals surface area contributed by atoms with Gasteiger partial charge in [0, 0.05) is 17.8 Å². The Morgan fingerprint density at radius 1 is 1.06 bits per heavy atom. The molecule has 0 bridgehead atoms. The van der Waals surface area contributed by atoms with Crippen molar-refractivity contribution in [3.05, 3.63) is 29.8 Å². The lowest BCUT2D eigenvalue weighted by Gasteiger charge is -2.32. The number of anilines is 1. The first-order chi connectivity index (χ1) is 7.91. The molecular weight excluding hydrogens is 208 g/mol. The third-order valence-corrected chi connectivity index (χ3v) is 3.54. The summed E-state index contributed by atoms with van der Waals surface area (Å²) in [6.45, 7) is 9.10. The van der Waals surface area contributed by atoms with Crippen molar-refractivity contribution in [3.63, 3.8) is 0 Å². The molecule has 0 radical (unpaired) electrons. The van der Waals surface area contributed by atoms with Crippen molar-refractivity contribution >= 4 is 5.69 Å². The normalized spacial score (nSPS) is 15.2. The molecule has 2 unspecified atom stereocenters. The zero-order valence-corrected chi connectivity index (χ0v) is 11.8. The number of nitrogens with zero attached hydrogens (tertiary/aromatic N) is 1. The molecule has 1 aromatic carbocycles. The predicted molar refractivity (Wildman–Crippen MR) is 75.9 cm³/mol. The van der Waals surface area contributed by atoms with Gasteiger partial charge in [0.25, 0.3) is 0 Å². The monoisotopic (exact) mass is 234 g/mol. The minimum absolute atomic E-state index is 0.435. The molecule has 1 aromatic rings. The van der Waals surface area contributed by atoms with E-state index in [0.717, 1.165) is 11.6 Å². The Balaban J connectivity index is 2.68. The second-order valence-corrected chi connectivity index (χ2v) is 5.49. The lowest BCUT2D eigenvalue weighted by Crippen LogP contribution is -2.32. The maximum atomic E-state index is 5.72. The van der Waals surface area contributed by atoms with Crippen LogP contribution in [-0.4, -0.2) is 18.0 Å². The van der Waals surface area contributed by atoms with Crippen LogP contribution in [0.3, 0.4) is 0 Å². The van der Waals surface area contributed by atoms with Crippen LogP contribution >= 0.6 is 0 Å². The van der Waals surface area contributed by atoms with Crippen LogP contribution in [0.4, 0.5) is 5.69 Å². The topological polar surface area (TPSA) is 29.3 Å². The van der Waals surface area contributed by atoms with Crippen LogP contribution in [0.2, 0.25) is 0 Å². The van der Waals surface area contributed by atoms with Crippen molar-refractivity contribution in [2.75, 3.05) is 12.8 Å². The first-order valence-corrected chi connectivity index (χ1v) is 6.49. The van der Waals surface area contributed by atoms with Gasteiger partial charge in [0.15, 0.2) is 0 Å². The van der Waals surface area contributed by atoms with Gasteiger partial charge >= 0.3 is 0 Å². The summed E-state index contributed by atoms with van der Waals surface area (Å²) in [7, 11) is 2.20. The molecule has 0 heterocycles. The van der Waals surface area contributed by atoms with Gasteiger partial charge in [0.05, 0.1) is 0 Å². The van der Waals surface area contributed by atoms with Gasteiger partial charge in [0.2, 0.25) is 0 Å². The Kier molecular flexibility index (Phi) is 5.01. The molecule has 2 N–H and O–H groups in total. The van der Waals surface area contributed by atoms with Crippen LogP contribution in [-0.2, 0) is 0 Å². The quantitative estimate of drug-likeness (QED) is 0.787. The first-order valence-electron chi connectivity index (χ1n) is 6.49. The molecule has 96 valence electrons. The molecular formula is C15H26N2. The minimum atomic E-state index is 0.435. The third kappa shape index (κ3) is 4.04. The fourth-order valence-electron chi connectivity index (χ4n) is 2.24. The molecule has 2 atom stereocenters. The summed E-state index contributed by atoms with van der Waals surface area (Å²) in [5.41, 5.74) is 7.88. The smallest absolute Gasteiger partial charge is 0.0319 e. The van der Waals surface area contributed by atoms with E-state index in [0.29, 0.717) is 12.1 Å². The van der Waals surface area contributed by atoms with Gasteiger partial charge < -0.3 is 5.73 Å². The molecule has 2 nitrogen and oxygen atoms in total. The molecule has 0 aromatic heterocycles. The van der Waals surface area contributed by atoms with E-state index in [1.807, 2.05) is 12.1 Å².